The lowest BCUT2D eigenvalue weighted by Gasteiger charge is -2.40. The Morgan fingerprint density at radius 3 is 2.71 bits per heavy atom. The van der Waals surface area contributed by atoms with E-state index in [0.717, 1.165) is 43.6 Å². The van der Waals surface area contributed by atoms with E-state index < -0.39 is 0 Å². The number of halogens is 1. The smallest absolute Gasteiger partial charge is 0.149 e. The second-order valence-electron chi connectivity index (χ2n) is 5.83. The quantitative estimate of drug-likeness (QED) is 0.944. The van der Waals surface area contributed by atoms with Gasteiger partial charge in [-0.2, -0.15) is 0 Å². The fraction of sp³-hybridized carbons (Fsp3) is 0.500. The number of aliphatic hydroxyl groups is 1. The summed E-state index contributed by atoms with van der Waals surface area (Å²) in [4.78, 5) is 10.6. The summed E-state index contributed by atoms with van der Waals surface area (Å²) in [6.45, 7) is 4.02. The third-order valence-electron chi connectivity index (χ3n) is 4.80. The predicted octanol–water partition coefficient (Wildman–Crippen LogP) is 2.76. The van der Waals surface area contributed by atoms with Crippen LogP contribution in [-0.2, 0) is 0 Å². The van der Waals surface area contributed by atoms with Crippen LogP contribution in [0.3, 0.4) is 0 Å². The highest BCUT2D eigenvalue weighted by Crippen LogP contribution is 2.36. The average Bonchev–Trinajstić information content (AvgIpc) is 2.55. The van der Waals surface area contributed by atoms with Gasteiger partial charge in [-0.1, -0.05) is 13.0 Å². The summed E-state index contributed by atoms with van der Waals surface area (Å²) in [6.07, 6.45) is 4.27. The zero-order valence-corrected chi connectivity index (χ0v) is 12.2. The summed E-state index contributed by atoms with van der Waals surface area (Å²) in [7, 11) is 0. The zero-order valence-electron chi connectivity index (χ0n) is 12.2. The number of aromatic nitrogens is 2. The number of hydrogen-bond acceptors (Lipinski definition) is 4. The standard InChI is InChI=1S/C16H20FN3O/c1-2-16(10-21)6-8-20(9-7-16)15-12-4-3-5-13(17)14(12)18-11-19-15/h3-5,11,21H,2,6-10H2,1H3. The third kappa shape index (κ3) is 2.46. The van der Waals surface area contributed by atoms with E-state index in [4.69, 9.17) is 0 Å². The molecular weight excluding hydrogens is 269 g/mol. The van der Waals surface area contributed by atoms with Crippen LogP contribution in [0.2, 0.25) is 0 Å². The van der Waals surface area contributed by atoms with Gasteiger partial charge in [0.1, 0.15) is 23.5 Å². The highest BCUT2D eigenvalue weighted by Gasteiger charge is 2.33. The van der Waals surface area contributed by atoms with Gasteiger partial charge in [0.15, 0.2) is 0 Å². The van der Waals surface area contributed by atoms with Gasteiger partial charge in [-0.3, -0.25) is 0 Å². The summed E-state index contributed by atoms with van der Waals surface area (Å²) in [5, 5.41) is 10.4. The van der Waals surface area contributed by atoms with Crippen molar-refractivity contribution in [2.75, 3.05) is 24.6 Å². The molecule has 1 N–H and O–H groups in total. The second-order valence-corrected chi connectivity index (χ2v) is 5.83. The van der Waals surface area contributed by atoms with E-state index in [0.29, 0.717) is 5.52 Å². The molecule has 0 saturated carbocycles. The van der Waals surface area contributed by atoms with Gasteiger partial charge in [0.25, 0.3) is 0 Å². The van der Waals surface area contributed by atoms with Crippen LogP contribution in [0.5, 0.6) is 0 Å². The second kappa shape index (κ2) is 5.56. The van der Waals surface area contributed by atoms with Crippen molar-refractivity contribution < 1.29 is 9.50 Å². The molecule has 3 rings (SSSR count). The topological polar surface area (TPSA) is 49.2 Å². The van der Waals surface area contributed by atoms with Crippen molar-refractivity contribution in [1.82, 2.24) is 9.97 Å². The third-order valence-corrected chi connectivity index (χ3v) is 4.80. The fourth-order valence-corrected chi connectivity index (χ4v) is 3.11. The van der Waals surface area contributed by atoms with Crippen molar-refractivity contribution in [3.63, 3.8) is 0 Å². The van der Waals surface area contributed by atoms with Crippen LogP contribution >= 0.6 is 0 Å². The Morgan fingerprint density at radius 1 is 1.29 bits per heavy atom. The number of benzene rings is 1. The van der Waals surface area contributed by atoms with E-state index in [-0.39, 0.29) is 17.8 Å². The van der Waals surface area contributed by atoms with Crippen molar-refractivity contribution in [2.24, 2.45) is 5.41 Å². The maximum atomic E-state index is 13.8. The molecule has 4 nitrogen and oxygen atoms in total. The number of piperidine rings is 1. The summed E-state index contributed by atoms with van der Waals surface area (Å²) in [5.74, 6) is 0.480. The largest absolute Gasteiger partial charge is 0.396 e. The molecule has 21 heavy (non-hydrogen) atoms. The first-order valence-corrected chi connectivity index (χ1v) is 7.44. The number of fused-ring (bicyclic) bond motifs is 1. The molecule has 0 atom stereocenters. The maximum absolute atomic E-state index is 13.8. The van der Waals surface area contributed by atoms with Gasteiger partial charge in [-0.15, -0.1) is 0 Å². The number of nitrogens with zero attached hydrogens (tertiary/aromatic N) is 3. The van der Waals surface area contributed by atoms with E-state index in [1.807, 2.05) is 6.07 Å². The molecule has 0 aliphatic carbocycles. The number of anilines is 1. The lowest BCUT2D eigenvalue weighted by molar-refractivity contribution is 0.0921. The van der Waals surface area contributed by atoms with Gasteiger partial charge >= 0.3 is 0 Å². The van der Waals surface area contributed by atoms with Gasteiger partial charge in [0.05, 0.1) is 0 Å². The maximum Gasteiger partial charge on any atom is 0.149 e. The highest BCUT2D eigenvalue weighted by atomic mass is 19.1. The predicted molar refractivity (Wildman–Crippen MR) is 80.8 cm³/mol. The number of para-hydroxylation sites is 1. The van der Waals surface area contributed by atoms with E-state index in [9.17, 15) is 9.50 Å². The van der Waals surface area contributed by atoms with E-state index in [2.05, 4.69) is 21.8 Å². The van der Waals surface area contributed by atoms with Crippen LogP contribution in [0.1, 0.15) is 26.2 Å². The van der Waals surface area contributed by atoms with E-state index in [1.165, 1.54) is 12.4 Å². The van der Waals surface area contributed by atoms with Gasteiger partial charge in [0.2, 0.25) is 0 Å². The summed E-state index contributed by atoms with van der Waals surface area (Å²) >= 11 is 0. The molecule has 1 aliphatic rings. The monoisotopic (exact) mass is 289 g/mol. The number of aliphatic hydroxyl groups excluding tert-OH is 1. The van der Waals surface area contributed by atoms with Crippen molar-refractivity contribution in [3.8, 4) is 0 Å². The first kappa shape index (κ1) is 14.2. The molecule has 112 valence electrons. The van der Waals surface area contributed by atoms with E-state index >= 15 is 0 Å². The Labute approximate surface area is 123 Å². The molecule has 2 heterocycles. The summed E-state index contributed by atoms with van der Waals surface area (Å²) in [5.41, 5.74) is 0.405. The molecule has 1 saturated heterocycles. The Balaban J connectivity index is 1.91. The highest BCUT2D eigenvalue weighted by molar-refractivity contribution is 5.89. The van der Waals surface area contributed by atoms with Gasteiger partial charge in [-0.05, 0) is 36.8 Å². The molecule has 1 aromatic carbocycles. The molecule has 5 heteroatoms. The molecule has 0 amide bonds. The lowest BCUT2D eigenvalue weighted by Crippen LogP contribution is -2.42. The molecule has 1 fully saturated rings. The van der Waals surface area contributed by atoms with Gasteiger partial charge < -0.3 is 10.0 Å². The Kier molecular flexibility index (Phi) is 3.76. The minimum atomic E-state index is -0.313. The minimum Gasteiger partial charge on any atom is -0.396 e. The molecular formula is C16H20FN3O. The van der Waals surface area contributed by atoms with Crippen LogP contribution in [0.4, 0.5) is 10.2 Å². The Morgan fingerprint density at radius 2 is 2.05 bits per heavy atom. The molecule has 0 bridgehead atoms. The van der Waals surface area contributed by atoms with Crippen LogP contribution in [0.25, 0.3) is 10.9 Å². The fourth-order valence-electron chi connectivity index (χ4n) is 3.11. The normalized spacial score (nSPS) is 18.1. The van der Waals surface area contributed by atoms with Crippen LogP contribution < -0.4 is 4.90 Å². The molecule has 2 aromatic rings. The first-order valence-electron chi connectivity index (χ1n) is 7.44. The minimum absolute atomic E-state index is 0.0323. The lowest BCUT2D eigenvalue weighted by atomic mass is 9.77. The SMILES string of the molecule is CCC1(CO)CCN(c2ncnc3c(F)cccc23)CC1. The summed E-state index contributed by atoms with van der Waals surface area (Å²) in [6, 6.07) is 4.98. The van der Waals surface area contributed by atoms with Crippen molar-refractivity contribution in [3.05, 3.63) is 30.3 Å². The van der Waals surface area contributed by atoms with Crippen LogP contribution in [0, 0.1) is 11.2 Å². The summed E-state index contributed by atoms with van der Waals surface area (Å²) < 4.78 is 13.8. The van der Waals surface area contributed by atoms with Crippen LogP contribution in [-0.4, -0.2) is 34.8 Å². The number of rotatable bonds is 3. The van der Waals surface area contributed by atoms with Crippen molar-refractivity contribution in [2.45, 2.75) is 26.2 Å². The van der Waals surface area contributed by atoms with Crippen molar-refractivity contribution in [1.29, 1.82) is 0 Å². The zero-order chi connectivity index (χ0) is 14.9. The Hall–Kier alpha value is -1.75. The average molecular weight is 289 g/mol. The van der Waals surface area contributed by atoms with Crippen LogP contribution in [0.15, 0.2) is 24.5 Å². The molecule has 1 aromatic heterocycles. The first-order chi connectivity index (χ1) is 10.2. The molecule has 0 unspecified atom stereocenters. The Bertz CT molecular complexity index is 632. The molecule has 0 radical (unpaired) electrons. The van der Waals surface area contributed by atoms with E-state index in [1.54, 1.807) is 6.07 Å². The number of hydrogen-bond donors (Lipinski definition) is 1. The molecule has 0 spiro atoms. The molecule has 1 aliphatic heterocycles. The van der Waals surface area contributed by atoms with Gasteiger partial charge in [-0.25, -0.2) is 14.4 Å². The van der Waals surface area contributed by atoms with Crippen molar-refractivity contribution >= 4 is 16.7 Å². The van der Waals surface area contributed by atoms with Gasteiger partial charge in [0, 0.05) is 25.1 Å².